The maximum absolute atomic E-state index is 12.4. The summed E-state index contributed by atoms with van der Waals surface area (Å²) in [5.41, 5.74) is 0.505. The molecule has 8 heteroatoms. The Labute approximate surface area is 160 Å². The summed E-state index contributed by atoms with van der Waals surface area (Å²) in [6.07, 6.45) is 2.72. The van der Waals surface area contributed by atoms with Crippen LogP contribution in [0.4, 0.5) is 0 Å². The molecule has 0 spiro atoms. The molecular weight excluding hydrogens is 368 g/mol. The van der Waals surface area contributed by atoms with Crippen LogP contribution < -0.4 is 16.6 Å². The van der Waals surface area contributed by atoms with E-state index in [1.54, 1.807) is 6.07 Å². The molecule has 0 aliphatic rings. The highest BCUT2D eigenvalue weighted by Gasteiger charge is 2.12. The van der Waals surface area contributed by atoms with E-state index in [-0.39, 0.29) is 22.5 Å². The van der Waals surface area contributed by atoms with Crippen LogP contribution in [0.15, 0.2) is 46.1 Å². The summed E-state index contributed by atoms with van der Waals surface area (Å²) in [6.45, 7) is 2.78. The van der Waals surface area contributed by atoms with Crippen LogP contribution in [-0.4, -0.2) is 27.0 Å². The lowest BCUT2D eigenvalue weighted by Gasteiger charge is -2.09. The molecule has 140 valence electrons. The summed E-state index contributed by atoms with van der Waals surface area (Å²) in [6, 6.07) is 8.89. The summed E-state index contributed by atoms with van der Waals surface area (Å²) >= 11 is 5.95. The number of benzene rings is 1. The number of carbonyl (C=O) groups is 1. The highest BCUT2D eigenvalue weighted by Crippen LogP contribution is 2.11. The van der Waals surface area contributed by atoms with Gasteiger partial charge in [-0.25, -0.2) is 9.78 Å². The lowest BCUT2D eigenvalue weighted by atomic mass is 10.1. The van der Waals surface area contributed by atoms with E-state index in [9.17, 15) is 14.4 Å². The normalized spacial score (nSPS) is 10.9. The van der Waals surface area contributed by atoms with Gasteiger partial charge in [-0.05, 0) is 36.6 Å². The lowest BCUT2D eigenvalue weighted by molar-refractivity contribution is 0.0954. The number of nitrogens with zero attached hydrogens (tertiary/aromatic N) is 2. The van der Waals surface area contributed by atoms with Crippen LogP contribution in [0.3, 0.4) is 0 Å². The number of amides is 1. The Hall–Kier alpha value is -2.93. The zero-order valence-electron chi connectivity index (χ0n) is 14.8. The second-order valence-electron chi connectivity index (χ2n) is 6.14. The molecule has 0 bridgehead atoms. The molecule has 0 saturated carbocycles. The quantitative estimate of drug-likeness (QED) is 0.678. The van der Waals surface area contributed by atoms with E-state index < -0.39 is 11.2 Å². The topological polar surface area (TPSA) is 96.9 Å². The molecule has 0 fully saturated rings. The predicted octanol–water partition coefficient (Wildman–Crippen LogP) is 2.12. The molecule has 1 amide bonds. The smallest absolute Gasteiger partial charge is 0.329 e. The third kappa shape index (κ3) is 4.25. The van der Waals surface area contributed by atoms with Gasteiger partial charge in [0, 0.05) is 24.3 Å². The standard InChI is InChI=1S/C19H19ClN4O3/c1-2-8-24-16-15(18(26)23-19(24)27)10-13(11-22-16)17(25)21-7-6-12-4-3-5-14(20)9-12/h3-5,9-11H,2,6-8H2,1H3,(H,21,25)(H,23,26,27). The molecule has 27 heavy (non-hydrogen) atoms. The second-order valence-corrected chi connectivity index (χ2v) is 6.58. The molecule has 0 unspecified atom stereocenters. The first-order chi connectivity index (χ1) is 13.0. The third-order valence-corrected chi connectivity index (χ3v) is 4.37. The van der Waals surface area contributed by atoms with Crippen molar-refractivity contribution in [3.63, 3.8) is 0 Å². The van der Waals surface area contributed by atoms with E-state index in [1.165, 1.54) is 16.8 Å². The molecule has 0 radical (unpaired) electrons. The van der Waals surface area contributed by atoms with Gasteiger partial charge in [0.25, 0.3) is 11.5 Å². The van der Waals surface area contributed by atoms with Gasteiger partial charge in [0.1, 0.15) is 5.65 Å². The van der Waals surface area contributed by atoms with Crippen molar-refractivity contribution < 1.29 is 4.79 Å². The number of halogens is 1. The van der Waals surface area contributed by atoms with Crippen molar-refractivity contribution in [2.45, 2.75) is 26.3 Å². The highest BCUT2D eigenvalue weighted by atomic mass is 35.5. The van der Waals surface area contributed by atoms with Crippen LogP contribution in [0, 0.1) is 0 Å². The summed E-state index contributed by atoms with van der Waals surface area (Å²) in [7, 11) is 0. The maximum Gasteiger partial charge on any atom is 0.329 e. The maximum atomic E-state index is 12.4. The molecule has 1 aromatic carbocycles. The number of fused-ring (bicyclic) bond motifs is 1. The molecule has 0 aliphatic carbocycles. The van der Waals surface area contributed by atoms with E-state index in [2.05, 4.69) is 15.3 Å². The number of aromatic amines is 1. The molecule has 0 aliphatic heterocycles. The third-order valence-electron chi connectivity index (χ3n) is 4.13. The Balaban J connectivity index is 1.79. The number of aryl methyl sites for hydroxylation is 1. The zero-order valence-corrected chi connectivity index (χ0v) is 15.5. The first-order valence-corrected chi connectivity index (χ1v) is 9.03. The molecular formula is C19H19ClN4O3. The monoisotopic (exact) mass is 386 g/mol. The van der Waals surface area contributed by atoms with Gasteiger partial charge in [0.05, 0.1) is 10.9 Å². The Kier molecular flexibility index (Phi) is 5.71. The number of rotatable bonds is 6. The van der Waals surface area contributed by atoms with Crippen LogP contribution in [-0.2, 0) is 13.0 Å². The summed E-state index contributed by atoms with van der Waals surface area (Å²) in [4.78, 5) is 42.9. The van der Waals surface area contributed by atoms with Crippen molar-refractivity contribution >= 4 is 28.5 Å². The van der Waals surface area contributed by atoms with Crippen LogP contribution in [0.1, 0.15) is 29.3 Å². The highest BCUT2D eigenvalue weighted by molar-refractivity contribution is 6.30. The fraction of sp³-hybridized carbons (Fsp3) is 0.263. The lowest BCUT2D eigenvalue weighted by Crippen LogP contribution is -2.31. The molecule has 2 N–H and O–H groups in total. The largest absolute Gasteiger partial charge is 0.352 e. The van der Waals surface area contributed by atoms with Crippen molar-refractivity contribution in [1.29, 1.82) is 0 Å². The Morgan fingerprint density at radius 3 is 2.85 bits per heavy atom. The molecule has 7 nitrogen and oxygen atoms in total. The van der Waals surface area contributed by atoms with Crippen LogP contribution in [0.25, 0.3) is 11.0 Å². The fourth-order valence-corrected chi connectivity index (χ4v) is 3.05. The van der Waals surface area contributed by atoms with Gasteiger partial charge < -0.3 is 5.32 Å². The number of hydrogen-bond acceptors (Lipinski definition) is 4. The average molecular weight is 387 g/mol. The number of carbonyl (C=O) groups excluding carboxylic acids is 1. The van der Waals surface area contributed by atoms with Crippen LogP contribution in [0.5, 0.6) is 0 Å². The molecule has 3 aromatic rings. The first-order valence-electron chi connectivity index (χ1n) is 8.65. The van der Waals surface area contributed by atoms with Gasteiger partial charge in [-0.3, -0.25) is 19.1 Å². The van der Waals surface area contributed by atoms with Gasteiger partial charge in [-0.15, -0.1) is 0 Å². The van der Waals surface area contributed by atoms with E-state index in [1.807, 2.05) is 25.1 Å². The van der Waals surface area contributed by atoms with Gasteiger partial charge in [0.2, 0.25) is 0 Å². The van der Waals surface area contributed by atoms with E-state index in [0.717, 1.165) is 5.56 Å². The van der Waals surface area contributed by atoms with E-state index in [0.29, 0.717) is 31.0 Å². The molecule has 0 atom stereocenters. The Morgan fingerprint density at radius 2 is 2.11 bits per heavy atom. The van der Waals surface area contributed by atoms with Gasteiger partial charge in [0.15, 0.2) is 0 Å². The Bertz CT molecular complexity index is 1100. The summed E-state index contributed by atoms with van der Waals surface area (Å²) in [5, 5.41) is 3.66. The number of H-pyrrole nitrogens is 1. The predicted molar refractivity (Wildman–Crippen MR) is 104 cm³/mol. The van der Waals surface area contributed by atoms with Crippen LogP contribution in [0.2, 0.25) is 5.02 Å². The van der Waals surface area contributed by atoms with Crippen molar-refractivity contribution in [3.05, 3.63) is 73.5 Å². The number of aromatic nitrogens is 3. The van der Waals surface area contributed by atoms with Crippen LogP contribution >= 0.6 is 11.6 Å². The van der Waals surface area contributed by atoms with E-state index >= 15 is 0 Å². The van der Waals surface area contributed by atoms with E-state index in [4.69, 9.17) is 11.6 Å². The number of pyridine rings is 1. The fourth-order valence-electron chi connectivity index (χ4n) is 2.84. The zero-order chi connectivity index (χ0) is 19.4. The van der Waals surface area contributed by atoms with Gasteiger partial charge >= 0.3 is 5.69 Å². The van der Waals surface area contributed by atoms with Crippen molar-refractivity contribution in [2.75, 3.05) is 6.54 Å². The molecule has 2 heterocycles. The molecule has 0 saturated heterocycles. The SMILES string of the molecule is CCCn1c(=O)[nH]c(=O)c2cc(C(=O)NCCc3cccc(Cl)c3)cnc21. The van der Waals surface area contributed by atoms with Crippen molar-refractivity contribution in [3.8, 4) is 0 Å². The Morgan fingerprint density at radius 1 is 1.30 bits per heavy atom. The minimum absolute atomic E-state index is 0.213. The average Bonchev–Trinajstić information content (AvgIpc) is 2.65. The number of hydrogen-bond donors (Lipinski definition) is 2. The minimum Gasteiger partial charge on any atom is -0.352 e. The number of nitrogens with one attached hydrogen (secondary N) is 2. The summed E-state index contributed by atoms with van der Waals surface area (Å²) < 4.78 is 1.40. The van der Waals surface area contributed by atoms with Gasteiger partial charge in [-0.1, -0.05) is 30.7 Å². The minimum atomic E-state index is -0.552. The summed E-state index contributed by atoms with van der Waals surface area (Å²) in [5.74, 6) is -0.334. The first kappa shape index (κ1) is 18.8. The molecule has 3 rings (SSSR count). The van der Waals surface area contributed by atoms with Crippen molar-refractivity contribution in [1.82, 2.24) is 19.9 Å². The second kappa shape index (κ2) is 8.18. The van der Waals surface area contributed by atoms with Gasteiger partial charge in [-0.2, -0.15) is 0 Å². The molecule has 2 aromatic heterocycles. The van der Waals surface area contributed by atoms with Crippen molar-refractivity contribution in [2.24, 2.45) is 0 Å².